The smallest absolute Gasteiger partial charge is 0.282 e. The minimum absolute atomic E-state index is 0.0853. The molecule has 0 aromatic heterocycles. The first kappa shape index (κ1) is 20.6. The fourth-order valence-electron chi connectivity index (χ4n) is 4.41. The molecule has 4 rings (SSSR count). The number of imide groups is 1. The molecule has 1 heterocycles. The van der Waals surface area contributed by atoms with Gasteiger partial charge in [-0.15, -0.1) is 0 Å². The Bertz CT molecular complexity index is 1060. The number of fused-ring (bicyclic) bond motifs is 1. The number of benzene rings is 2. The van der Waals surface area contributed by atoms with Gasteiger partial charge >= 0.3 is 0 Å². The van der Waals surface area contributed by atoms with Crippen molar-refractivity contribution in [3.63, 3.8) is 0 Å². The van der Waals surface area contributed by atoms with Crippen molar-refractivity contribution < 1.29 is 23.7 Å². The standard InChI is InChI=1S/C22H20FN3O5/c23-15-10-8-14(9-11-15)20(13-4-1-2-5-13)24-18(27)12-25-21(28)16-6-3-7-17(26(30)31)19(16)22(25)29/h3,6-11,13,20H,1-2,4-5,12H2,(H,24,27)/t20-/m1/s1. The number of carbonyl (C=O) groups is 3. The maximum Gasteiger partial charge on any atom is 0.282 e. The van der Waals surface area contributed by atoms with Crippen LogP contribution in [0, 0.1) is 21.8 Å². The van der Waals surface area contributed by atoms with Gasteiger partial charge in [-0.2, -0.15) is 0 Å². The number of carbonyl (C=O) groups excluding carboxylic acids is 3. The summed E-state index contributed by atoms with van der Waals surface area (Å²) in [6.07, 6.45) is 3.86. The molecule has 0 spiro atoms. The van der Waals surface area contributed by atoms with E-state index >= 15 is 0 Å². The molecule has 0 bridgehead atoms. The predicted molar refractivity (Wildman–Crippen MR) is 108 cm³/mol. The van der Waals surface area contributed by atoms with E-state index in [0.29, 0.717) is 0 Å². The van der Waals surface area contributed by atoms with Gasteiger partial charge in [0, 0.05) is 6.07 Å². The molecular weight excluding hydrogens is 405 g/mol. The Labute approximate surface area is 177 Å². The number of hydrogen-bond acceptors (Lipinski definition) is 5. The summed E-state index contributed by atoms with van der Waals surface area (Å²) in [5.41, 5.74) is -0.0948. The molecule has 1 saturated carbocycles. The summed E-state index contributed by atoms with van der Waals surface area (Å²) in [5, 5.41) is 14.1. The number of rotatable bonds is 6. The van der Waals surface area contributed by atoms with Crippen molar-refractivity contribution in [3.05, 3.63) is 75.1 Å². The third kappa shape index (κ3) is 3.90. The van der Waals surface area contributed by atoms with Gasteiger partial charge in [0.05, 0.1) is 16.5 Å². The van der Waals surface area contributed by atoms with E-state index in [2.05, 4.69) is 5.32 Å². The van der Waals surface area contributed by atoms with Gasteiger partial charge in [0.25, 0.3) is 17.5 Å². The van der Waals surface area contributed by atoms with E-state index in [4.69, 9.17) is 0 Å². The van der Waals surface area contributed by atoms with Crippen LogP contribution in [0.15, 0.2) is 42.5 Å². The van der Waals surface area contributed by atoms with Crippen molar-refractivity contribution in [1.82, 2.24) is 10.2 Å². The molecule has 1 N–H and O–H groups in total. The molecule has 0 radical (unpaired) electrons. The number of amides is 3. The molecule has 1 aliphatic heterocycles. The van der Waals surface area contributed by atoms with Gasteiger partial charge in [-0.1, -0.05) is 31.0 Å². The highest BCUT2D eigenvalue weighted by Crippen LogP contribution is 2.36. The highest BCUT2D eigenvalue weighted by Gasteiger charge is 2.42. The van der Waals surface area contributed by atoms with Crippen LogP contribution in [-0.2, 0) is 4.79 Å². The first-order valence-corrected chi connectivity index (χ1v) is 10.0. The maximum atomic E-state index is 13.3. The zero-order valence-electron chi connectivity index (χ0n) is 16.5. The Hall–Kier alpha value is -3.62. The molecule has 9 heteroatoms. The second-order valence-electron chi connectivity index (χ2n) is 7.79. The SMILES string of the molecule is O=C(CN1C(=O)c2cccc([N+](=O)[O-])c2C1=O)N[C@@H](c1ccc(F)cc1)C1CCCC1. The fraction of sp³-hybridized carbons (Fsp3) is 0.318. The Morgan fingerprint density at radius 3 is 2.45 bits per heavy atom. The van der Waals surface area contributed by atoms with E-state index < -0.39 is 34.9 Å². The van der Waals surface area contributed by atoms with Gasteiger partial charge in [-0.05, 0) is 42.5 Å². The Kier molecular flexibility index (Phi) is 5.50. The largest absolute Gasteiger partial charge is 0.347 e. The fourth-order valence-corrected chi connectivity index (χ4v) is 4.41. The first-order valence-electron chi connectivity index (χ1n) is 10.0. The van der Waals surface area contributed by atoms with E-state index in [-0.39, 0.29) is 28.9 Å². The summed E-state index contributed by atoms with van der Waals surface area (Å²) in [7, 11) is 0. The third-order valence-electron chi connectivity index (χ3n) is 5.89. The normalized spacial score (nSPS) is 17.0. The van der Waals surface area contributed by atoms with Crippen LogP contribution in [0.4, 0.5) is 10.1 Å². The van der Waals surface area contributed by atoms with Crippen LogP contribution in [0.2, 0.25) is 0 Å². The molecule has 1 aliphatic carbocycles. The molecule has 2 aliphatic rings. The molecule has 1 fully saturated rings. The van der Waals surface area contributed by atoms with Crippen LogP contribution in [0.3, 0.4) is 0 Å². The van der Waals surface area contributed by atoms with Crippen molar-refractivity contribution >= 4 is 23.4 Å². The summed E-state index contributed by atoms with van der Waals surface area (Å²) < 4.78 is 13.3. The summed E-state index contributed by atoms with van der Waals surface area (Å²) in [6.45, 7) is -0.548. The number of hydrogen-bond donors (Lipinski definition) is 1. The molecule has 0 unspecified atom stereocenters. The molecule has 1 atom stereocenters. The quantitative estimate of drug-likeness (QED) is 0.433. The Balaban J connectivity index is 1.53. The first-order chi connectivity index (χ1) is 14.9. The van der Waals surface area contributed by atoms with Gasteiger partial charge < -0.3 is 5.32 Å². The predicted octanol–water partition coefficient (Wildman–Crippen LogP) is 3.38. The Morgan fingerprint density at radius 1 is 1.13 bits per heavy atom. The van der Waals surface area contributed by atoms with Crippen molar-refractivity contribution in [3.8, 4) is 0 Å². The highest BCUT2D eigenvalue weighted by atomic mass is 19.1. The van der Waals surface area contributed by atoms with Crippen LogP contribution in [0.25, 0.3) is 0 Å². The lowest BCUT2D eigenvalue weighted by atomic mass is 9.91. The number of nitro groups is 1. The lowest BCUT2D eigenvalue weighted by Crippen LogP contribution is -2.42. The number of nitrogens with one attached hydrogen (secondary N) is 1. The average Bonchev–Trinajstić information content (AvgIpc) is 3.36. The van der Waals surface area contributed by atoms with Gasteiger partial charge in [-0.3, -0.25) is 29.4 Å². The number of nitrogens with zero attached hydrogens (tertiary/aromatic N) is 2. The van der Waals surface area contributed by atoms with Gasteiger partial charge in [0.15, 0.2) is 0 Å². The van der Waals surface area contributed by atoms with Crippen molar-refractivity contribution in [2.24, 2.45) is 5.92 Å². The number of nitro benzene ring substituents is 1. The van der Waals surface area contributed by atoms with Crippen molar-refractivity contribution in [2.75, 3.05) is 6.54 Å². The van der Waals surface area contributed by atoms with E-state index in [1.54, 1.807) is 12.1 Å². The van der Waals surface area contributed by atoms with Crippen LogP contribution in [0.1, 0.15) is 58.0 Å². The maximum absolute atomic E-state index is 13.3. The molecule has 2 aromatic rings. The summed E-state index contributed by atoms with van der Waals surface area (Å²) >= 11 is 0. The van der Waals surface area contributed by atoms with Crippen LogP contribution < -0.4 is 5.32 Å². The van der Waals surface area contributed by atoms with Gasteiger partial charge in [0.1, 0.15) is 17.9 Å². The molecular formula is C22H20FN3O5. The summed E-state index contributed by atoms with van der Waals surface area (Å²) in [4.78, 5) is 49.4. The van der Waals surface area contributed by atoms with Crippen molar-refractivity contribution in [1.29, 1.82) is 0 Å². The second kappa shape index (κ2) is 8.25. The van der Waals surface area contributed by atoms with Crippen LogP contribution >= 0.6 is 0 Å². The second-order valence-corrected chi connectivity index (χ2v) is 7.79. The molecule has 2 aromatic carbocycles. The van der Waals surface area contributed by atoms with Crippen molar-refractivity contribution in [2.45, 2.75) is 31.7 Å². The molecule has 8 nitrogen and oxygen atoms in total. The molecule has 160 valence electrons. The zero-order chi connectivity index (χ0) is 22.1. The lowest BCUT2D eigenvalue weighted by molar-refractivity contribution is -0.385. The molecule has 31 heavy (non-hydrogen) atoms. The average molecular weight is 425 g/mol. The van der Waals surface area contributed by atoms with E-state index in [9.17, 15) is 28.9 Å². The van der Waals surface area contributed by atoms with Gasteiger partial charge in [0.2, 0.25) is 5.91 Å². The lowest BCUT2D eigenvalue weighted by Gasteiger charge is -2.26. The Morgan fingerprint density at radius 2 is 1.81 bits per heavy atom. The van der Waals surface area contributed by atoms with E-state index in [0.717, 1.165) is 42.2 Å². The minimum atomic E-state index is -0.860. The van der Waals surface area contributed by atoms with Crippen LogP contribution in [0.5, 0.6) is 0 Å². The molecule has 0 saturated heterocycles. The van der Waals surface area contributed by atoms with Crippen LogP contribution in [-0.4, -0.2) is 34.1 Å². The summed E-state index contributed by atoms with van der Waals surface area (Å²) in [5.74, 6) is -2.37. The highest BCUT2D eigenvalue weighted by molar-refractivity contribution is 6.24. The summed E-state index contributed by atoms with van der Waals surface area (Å²) in [6, 6.07) is 9.32. The van der Waals surface area contributed by atoms with E-state index in [1.807, 2.05) is 0 Å². The minimum Gasteiger partial charge on any atom is -0.347 e. The monoisotopic (exact) mass is 425 g/mol. The third-order valence-corrected chi connectivity index (χ3v) is 5.89. The molecule has 3 amide bonds. The number of halogens is 1. The zero-order valence-corrected chi connectivity index (χ0v) is 16.5. The van der Waals surface area contributed by atoms with E-state index in [1.165, 1.54) is 24.3 Å². The van der Waals surface area contributed by atoms with Gasteiger partial charge in [-0.25, -0.2) is 4.39 Å². The topological polar surface area (TPSA) is 110 Å².